The second-order valence-corrected chi connectivity index (χ2v) is 7.85. The van der Waals surface area contributed by atoms with Gasteiger partial charge in [-0.3, -0.25) is 0 Å². The summed E-state index contributed by atoms with van der Waals surface area (Å²) in [6.07, 6.45) is 6.56. The lowest BCUT2D eigenvalue weighted by molar-refractivity contribution is 0.0719. The number of carbonyl (C=O) groups is 2. The Labute approximate surface area is 190 Å². The van der Waals surface area contributed by atoms with Crippen molar-refractivity contribution in [2.75, 3.05) is 0 Å². The molecular formula is C28H30O4. The fraction of sp³-hybridized carbons (Fsp3) is 0.286. The van der Waals surface area contributed by atoms with Gasteiger partial charge in [0, 0.05) is 0 Å². The maximum atomic E-state index is 12.4. The minimum Gasteiger partial charge on any atom is -0.423 e. The zero-order valence-electron chi connectivity index (χ0n) is 18.8. The van der Waals surface area contributed by atoms with Crippen molar-refractivity contribution in [3.8, 4) is 11.5 Å². The van der Waals surface area contributed by atoms with Gasteiger partial charge < -0.3 is 9.47 Å². The first-order chi connectivity index (χ1) is 15.6. The number of hydrogen-bond donors (Lipinski definition) is 0. The molecule has 3 aromatic carbocycles. The Morgan fingerprint density at radius 1 is 0.562 bits per heavy atom. The Kier molecular flexibility index (Phi) is 8.61. The summed E-state index contributed by atoms with van der Waals surface area (Å²) in [6.45, 7) is 4.31. The number of ether oxygens (including phenoxy) is 2. The molecule has 0 amide bonds. The zero-order valence-corrected chi connectivity index (χ0v) is 18.8. The zero-order chi connectivity index (χ0) is 22.8. The maximum Gasteiger partial charge on any atom is 0.343 e. The smallest absolute Gasteiger partial charge is 0.343 e. The van der Waals surface area contributed by atoms with Crippen LogP contribution >= 0.6 is 0 Å². The van der Waals surface area contributed by atoms with Gasteiger partial charge in [0.25, 0.3) is 0 Å². The van der Waals surface area contributed by atoms with Crippen LogP contribution in [-0.2, 0) is 12.8 Å². The van der Waals surface area contributed by atoms with Crippen molar-refractivity contribution >= 4 is 11.9 Å². The molecule has 3 rings (SSSR count). The predicted molar refractivity (Wildman–Crippen MR) is 126 cm³/mol. The molecule has 0 aliphatic carbocycles. The first-order valence-corrected chi connectivity index (χ1v) is 11.3. The lowest BCUT2D eigenvalue weighted by Gasteiger charge is -2.08. The van der Waals surface area contributed by atoms with Gasteiger partial charge in [-0.15, -0.1) is 0 Å². The fourth-order valence-corrected chi connectivity index (χ4v) is 3.28. The van der Waals surface area contributed by atoms with Crippen LogP contribution in [0.3, 0.4) is 0 Å². The lowest BCUT2D eigenvalue weighted by atomic mass is 10.1. The van der Waals surface area contributed by atoms with Crippen LogP contribution in [0.5, 0.6) is 11.5 Å². The predicted octanol–water partition coefficient (Wildman–Crippen LogP) is 6.81. The molecule has 0 atom stereocenters. The fourth-order valence-electron chi connectivity index (χ4n) is 3.28. The van der Waals surface area contributed by atoms with Crippen LogP contribution in [0.15, 0.2) is 72.8 Å². The van der Waals surface area contributed by atoms with E-state index in [1.165, 1.54) is 11.1 Å². The molecule has 0 radical (unpaired) electrons. The van der Waals surface area contributed by atoms with E-state index in [1.54, 1.807) is 48.5 Å². The number of rotatable bonds is 10. The van der Waals surface area contributed by atoms with E-state index in [-0.39, 0.29) is 0 Å². The molecule has 0 aliphatic rings. The number of hydrogen-bond acceptors (Lipinski definition) is 4. The van der Waals surface area contributed by atoms with Gasteiger partial charge in [0.15, 0.2) is 0 Å². The maximum absolute atomic E-state index is 12.4. The summed E-state index contributed by atoms with van der Waals surface area (Å²) < 4.78 is 10.9. The molecule has 0 saturated carbocycles. The van der Waals surface area contributed by atoms with E-state index in [9.17, 15) is 9.59 Å². The van der Waals surface area contributed by atoms with Gasteiger partial charge in [0.1, 0.15) is 11.5 Å². The molecule has 32 heavy (non-hydrogen) atoms. The molecule has 0 unspecified atom stereocenters. The van der Waals surface area contributed by atoms with Crippen molar-refractivity contribution in [2.24, 2.45) is 0 Å². The molecule has 0 aliphatic heterocycles. The van der Waals surface area contributed by atoms with Crippen LogP contribution < -0.4 is 9.47 Å². The largest absolute Gasteiger partial charge is 0.423 e. The molecular weight excluding hydrogens is 400 g/mol. The molecule has 0 aromatic heterocycles. The van der Waals surface area contributed by atoms with Gasteiger partial charge in [-0.2, -0.15) is 0 Å². The highest BCUT2D eigenvalue weighted by molar-refractivity contribution is 5.92. The summed E-state index contributed by atoms with van der Waals surface area (Å²) in [6, 6.07) is 21.5. The van der Waals surface area contributed by atoms with Crippen molar-refractivity contribution in [3.63, 3.8) is 0 Å². The van der Waals surface area contributed by atoms with Crippen molar-refractivity contribution in [1.82, 2.24) is 0 Å². The average Bonchev–Trinajstić information content (AvgIpc) is 2.83. The summed E-state index contributed by atoms with van der Waals surface area (Å²) in [5, 5.41) is 0. The molecule has 4 heteroatoms. The summed E-state index contributed by atoms with van der Waals surface area (Å²) in [5.74, 6) is -0.0461. The summed E-state index contributed by atoms with van der Waals surface area (Å²) in [7, 11) is 0. The van der Waals surface area contributed by atoms with Gasteiger partial charge in [-0.25, -0.2) is 9.59 Å². The van der Waals surface area contributed by atoms with Crippen molar-refractivity contribution in [2.45, 2.75) is 52.4 Å². The van der Waals surface area contributed by atoms with Gasteiger partial charge >= 0.3 is 11.9 Å². The first-order valence-electron chi connectivity index (χ1n) is 11.3. The Morgan fingerprint density at radius 3 is 1.22 bits per heavy atom. The van der Waals surface area contributed by atoms with Crippen molar-refractivity contribution in [1.29, 1.82) is 0 Å². The van der Waals surface area contributed by atoms with Crippen molar-refractivity contribution in [3.05, 3.63) is 95.1 Å². The van der Waals surface area contributed by atoms with E-state index in [0.717, 1.165) is 38.5 Å². The average molecular weight is 431 g/mol. The molecule has 166 valence electrons. The van der Waals surface area contributed by atoms with E-state index < -0.39 is 11.9 Å². The molecule has 0 fully saturated rings. The van der Waals surface area contributed by atoms with Crippen LogP contribution in [0.4, 0.5) is 0 Å². The van der Waals surface area contributed by atoms with Crippen LogP contribution in [0.2, 0.25) is 0 Å². The standard InChI is InChI=1S/C28H30O4/c1-3-5-7-21-9-13-23(14-10-21)27(29)31-25-17-19-26(20-18-25)32-28(30)24-15-11-22(12-16-24)8-6-4-2/h9-20H,3-8H2,1-2H3. The first kappa shape index (κ1) is 23.3. The number of carbonyl (C=O) groups excluding carboxylic acids is 2. The molecule has 4 nitrogen and oxygen atoms in total. The van der Waals surface area contributed by atoms with E-state index >= 15 is 0 Å². The lowest BCUT2D eigenvalue weighted by Crippen LogP contribution is -2.09. The molecule has 0 N–H and O–H groups in total. The summed E-state index contributed by atoms with van der Waals surface area (Å²) >= 11 is 0. The highest BCUT2D eigenvalue weighted by Crippen LogP contribution is 2.20. The van der Waals surface area contributed by atoms with E-state index in [4.69, 9.17) is 9.47 Å². The van der Waals surface area contributed by atoms with E-state index in [0.29, 0.717) is 22.6 Å². The molecule has 0 heterocycles. The van der Waals surface area contributed by atoms with E-state index in [2.05, 4.69) is 13.8 Å². The third kappa shape index (κ3) is 6.81. The van der Waals surface area contributed by atoms with Gasteiger partial charge in [-0.05, 0) is 85.3 Å². The van der Waals surface area contributed by atoms with Crippen LogP contribution in [-0.4, -0.2) is 11.9 Å². The minimum absolute atomic E-state index is 0.394. The molecule has 0 saturated heterocycles. The third-order valence-corrected chi connectivity index (χ3v) is 5.26. The summed E-state index contributed by atoms with van der Waals surface area (Å²) in [4.78, 5) is 24.7. The quantitative estimate of drug-likeness (QED) is 0.262. The highest BCUT2D eigenvalue weighted by Gasteiger charge is 2.11. The Morgan fingerprint density at radius 2 is 0.906 bits per heavy atom. The minimum atomic E-state index is -0.417. The van der Waals surface area contributed by atoms with Gasteiger partial charge in [0.2, 0.25) is 0 Å². The second kappa shape index (κ2) is 11.8. The number of benzene rings is 3. The monoisotopic (exact) mass is 430 g/mol. The topological polar surface area (TPSA) is 52.6 Å². The Balaban J connectivity index is 1.54. The third-order valence-electron chi connectivity index (χ3n) is 5.26. The van der Waals surface area contributed by atoms with Gasteiger partial charge in [0.05, 0.1) is 11.1 Å². The number of aryl methyl sites for hydroxylation is 2. The van der Waals surface area contributed by atoms with Crippen LogP contribution in [0, 0.1) is 0 Å². The van der Waals surface area contributed by atoms with Crippen molar-refractivity contribution < 1.29 is 19.1 Å². The second-order valence-electron chi connectivity index (χ2n) is 7.85. The van der Waals surface area contributed by atoms with Gasteiger partial charge in [-0.1, -0.05) is 51.0 Å². The molecule has 3 aromatic rings. The molecule has 0 bridgehead atoms. The van der Waals surface area contributed by atoms with E-state index in [1.807, 2.05) is 24.3 Å². The SMILES string of the molecule is CCCCc1ccc(C(=O)Oc2ccc(OC(=O)c3ccc(CCCC)cc3)cc2)cc1. The van der Waals surface area contributed by atoms with Crippen LogP contribution in [0.25, 0.3) is 0 Å². The highest BCUT2D eigenvalue weighted by atomic mass is 16.5. The number of esters is 2. The normalized spacial score (nSPS) is 10.6. The molecule has 0 spiro atoms. The Hall–Kier alpha value is -3.40. The number of unbranched alkanes of at least 4 members (excludes halogenated alkanes) is 2. The van der Waals surface area contributed by atoms with Crippen LogP contribution in [0.1, 0.15) is 71.4 Å². The Bertz CT molecular complexity index is 918. The summed E-state index contributed by atoms with van der Waals surface area (Å²) in [5.41, 5.74) is 3.43.